The van der Waals surface area contributed by atoms with Gasteiger partial charge in [-0.15, -0.1) is 0 Å². The summed E-state index contributed by atoms with van der Waals surface area (Å²) in [6, 6.07) is 7.83. The van der Waals surface area contributed by atoms with Crippen LogP contribution in [-0.2, 0) is 18.8 Å². The molecular weight excluding hydrogens is 415 g/mol. The number of hydrogen-bond donors (Lipinski definition) is 2. The van der Waals surface area contributed by atoms with Crippen LogP contribution in [0.3, 0.4) is 0 Å². The van der Waals surface area contributed by atoms with Crippen LogP contribution in [0.4, 0.5) is 4.79 Å². The zero-order valence-electron chi connectivity index (χ0n) is 17.8. The normalized spacial score (nSPS) is 14.6. The molecule has 0 unspecified atom stereocenters. The van der Waals surface area contributed by atoms with E-state index in [-0.39, 0.29) is 18.4 Å². The van der Waals surface area contributed by atoms with Crippen LogP contribution in [0.15, 0.2) is 30.3 Å². The highest BCUT2D eigenvalue weighted by Gasteiger charge is 2.31. The number of para-hydroxylation sites is 1. The van der Waals surface area contributed by atoms with E-state index in [4.69, 9.17) is 14.0 Å². The Morgan fingerprint density at radius 2 is 1.76 bits per heavy atom. The predicted molar refractivity (Wildman–Crippen MR) is 115 cm³/mol. The van der Waals surface area contributed by atoms with Crippen molar-refractivity contribution in [1.29, 1.82) is 0 Å². The van der Waals surface area contributed by atoms with E-state index in [1.54, 1.807) is 65.8 Å². The summed E-state index contributed by atoms with van der Waals surface area (Å²) >= 11 is 0.987. The van der Waals surface area contributed by atoms with E-state index < -0.39 is 30.4 Å². The lowest BCUT2D eigenvalue weighted by atomic mass is 10.2. The van der Waals surface area contributed by atoms with Crippen LogP contribution in [0.1, 0.15) is 41.5 Å². The number of esters is 1. The molecule has 2 N–H and O–H groups in total. The standard InChI is InChI=1S/C19H31N2O6PS/c1-14(2)25-17(22)15(3)21-28(24,27-16-10-8-7-9-11-16)29-13-12-20-18(23)26-19(4,5)6/h7-11,14-15H,12-13H2,1-6H3,(H,20,23)(H,21,24)/t15-,28+/m0/s1. The summed E-state index contributed by atoms with van der Waals surface area (Å²) in [5, 5.41) is 5.35. The molecule has 2 atom stereocenters. The Kier molecular flexibility index (Phi) is 10.0. The molecule has 29 heavy (non-hydrogen) atoms. The molecular formula is C19H31N2O6PS. The van der Waals surface area contributed by atoms with E-state index in [2.05, 4.69) is 10.4 Å². The fourth-order valence-corrected chi connectivity index (χ4v) is 5.67. The summed E-state index contributed by atoms with van der Waals surface area (Å²) < 4.78 is 29.3. The van der Waals surface area contributed by atoms with E-state index in [9.17, 15) is 14.2 Å². The van der Waals surface area contributed by atoms with E-state index in [1.165, 1.54) is 0 Å². The van der Waals surface area contributed by atoms with Crippen molar-refractivity contribution >= 4 is 30.2 Å². The summed E-state index contributed by atoms with van der Waals surface area (Å²) in [4.78, 5) is 23.8. The molecule has 1 rings (SSSR count). The van der Waals surface area contributed by atoms with Gasteiger partial charge in [-0.25, -0.2) is 14.4 Å². The minimum Gasteiger partial charge on any atom is -0.462 e. The van der Waals surface area contributed by atoms with Gasteiger partial charge in [-0.1, -0.05) is 18.2 Å². The lowest BCUT2D eigenvalue weighted by molar-refractivity contribution is -0.148. The molecule has 0 saturated heterocycles. The number of carbonyl (C=O) groups excluding carboxylic acids is 2. The molecule has 1 aromatic carbocycles. The molecule has 0 saturated carbocycles. The molecule has 0 aliphatic carbocycles. The number of rotatable bonds is 10. The Balaban J connectivity index is 2.71. The van der Waals surface area contributed by atoms with Crippen LogP contribution in [-0.4, -0.2) is 42.1 Å². The number of hydrogen-bond acceptors (Lipinski definition) is 7. The first-order valence-corrected chi connectivity index (χ1v) is 12.6. The average molecular weight is 447 g/mol. The number of alkyl carbamates (subject to hydrolysis) is 1. The third-order valence-electron chi connectivity index (χ3n) is 3.06. The molecule has 8 nitrogen and oxygen atoms in total. The van der Waals surface area contributed by atoms with E-state index in [1.807, 2.05) is 6.07 Å². The van der Waals surface area contributed by atoms with Gasteiger partial charge in [0.15, 0.2) is 0 Å². The highest BCUT2D eigenvalue weighted by Crippen LogP contribution is 2.55. The highest BCUT2D eigenvalue weighted by atomic mass is 32.7. The zero-order valence-corrected chi connectivity index (χ0v) is 19.5. The molecule has 0 aliphatic rings. The molecule has 164 valence electrons. The number of amides is 1. The van der Waals surface area contributed by atoms with Gasteiger partial charge in [-0.2, -0.15) is 0 Å². The van der Waals surface area contributed by atoms with Gasteiger partial charge in [0.1, 0.15) is 17.4 Å². The maximum absolute atomic E-state index is 13.3. The van der Waals surface area contributed by atoms with Crippen LogP contribution in [0, 0.1) is 0 Å². The van der Waals surface area contributed by atoms with Crippen molar-refractivity contribution in [3.05, 3.63) is 30.3 Å². The lowest BCUT2D eigenvalue weighted by Gasteiger charge is -2.23. The highest BCUT2D eigenvalue weighted by molar-refractivity contribution is 8.56. The molecule has 10 heteroatoms. The molecule has 0 fully saturated rings. The van der Waals surface area contributed by atoms with Crippen molar-refractivity contribution in [3.63, 3.8) is 0 Å². The Bertz CT molecular complexity index is 708. The van der Waals surface area contributed by atoms with Gasteiger partial charge >= 0.3 is 18.8 Å². The molecule has 0 spiro atoms. The van der Waals surface area contributed by atoms with Crippen LogP contribution >= 0.6 is 18.1 Å². The van der Waals surface area contributed by atoms with E-state index in [0.29, 0.717) is 5.75 Å². The number of benzene rings is 1. The monoisotopic (exact) mass is 446 g/mol. The quantitative estimate of drug-likeness (QED) is 0.310. The number of ether oxygens (including phenoxy) is 2. The second-order valence-corrected chi connectivity index (χ2v) is 11.8. The fourth-order valence-electron chi connectivity index (χ4n) is 1.97. The maximum atomic E-state index is 13.3. The van der Waals surface area contributed by atoms with Crippen LogP contribution in [0.2, 0.25) is 0 Å². The number of nitrogens with one attached hydrogen (secondary N) is 2. The van der Waals surface area contributed by atoms with Gasteiger partial charge in [0, 0.05) is 12.3 Å². The molecule has 0 radical (unpaired) electrons. The first-order chi connectivity index (χ1) is 13.4. The molecule has 1 amide bonds. The minimum absolute atomic E-state index is 0.216. The van der Waals surface area contributed by atoms with Crippen molar-refractivity contribution in [2.75, 3.05) is 12.3 Å². The topological polar surface area (TPSA) is 103 Å². The zero-order chi connectivity index (χ0) is 22.1. The number of carbonyl (C=O) groups is 2. The first-order valence-electron chi connectivity index (χ1n) is 9.34. The molecule has 0 heterocycles. The van der Waals surface area contributed by atoms with Crippen LogP contribution in [0.5, 0.6) is 5.75 Å². The van der Waals surface area contributed by atoms with Gasteiger partial charge < -0.3 is 19.3 Å². The Hall–Kier alpha value is -1.70. The smallest absolute Gasteiger partial charge is 0.407 e. The Morgan fingerprint density at radius 3 is 2.31 bits per heavy atom. The van der Waals surface area contributed by atoms with Gasteiger partial charge in [0.05, 0.1) is 6.10 Å². The minimum atomic E-state index is -3.52. The lowest BCUT2D eigenvalue weighted by Crippen LogP contribution is -2.35. The largest absolute Gasteiger partial charge is 0.462 e. The Morgan fingerprint density at radius 1 is 1.14 bits per heavy atom. The van der Waals surface area contributed by atoms with Crippen molar-refractivity contribution in [2.24, 2.45) is 0 Å². The SMILES string of the molecule is CC(C)OC(=O)[C@H](C)N[P@@](=O)(Oc1ccccc1)SCCNC(=O)OC(C)(C)C. The van der Waals surface area contributed by atoms with Crippen LogP contribution < -0.4 is 14.9 Å². The van der Waals surface area contributed by atoms with E-state index in [0.717, 1.165) is 11.4 Å². The van der Waals surface area contributed by atoms with Gasteiger partial charge in [0.25, 0.3) is 0 Å². The predicted octanol–water partition coefficient (Wildman–Crippen LogP) is 4.36. The van der Waals surface area contributed by atoms with E-state index >= 15 is 0 Å². The van der Waals surface area contributed by atoms with Gasteiger partial charge in [-0.3, -0.25) is 4.79 Å². The van der Waals surface area contributed by atoms with Gasteiger partial charge in [0.2, 0.25) is 0 Å². The first kappa shape index (κ1) is 25.3. The molecule has 0 aliphatic heterocycles. The summed E-state index contributed by atoms with van der Waals surface area (Å²) in [6.07, 6.45) is -0.842. The summed E-state index contributed by atoms with van der Waals surface area (Å²) in [5.41, 5.74) is -0.600. The molecule has 0 aromatic heterocycles. The molecule has 1 aromatic rings. The van der Waals surface area contributed by atoms with Crippen molar-refractivity contribution in [2.45, 2.75) is 59.3 Å². The third kappa shape index (κ3) is 11.2. The third-order valence-corrected chi connectivity index (χ3v) is 7.05. The van der Waals surface area contributed by atoms with Crippen molar-refractivity contribution in [1.82, 2.24) is 10.4 Å². The van der Waals surface area contributed by atoms with Crippen molar-refractivity contribution in [3.8, 4) is 5.75 Å². The Labute approximate surface area is 176 Å². The summed E-state index contributed by atoms with van der Waals surface area (Å²) in [7, 11) is 0. The second-order valence-electron chi connectivity index (χ2n) is 7.50. The molecule has 0 bridgehead atoms. The van der Waals surface area contributed by atoms with Gasteiger partial charge in [-0.05, 0) is 65.1 Å². The maximum Gasteiger partial charge on any atom is 0.407 e. The second kappa shape index (κ2) is 11.5. The fraction of sp³-hybridized carbons (Fsp3) is 0.579. The summed E-state index contributed by atoms with van der Waals surface area (Å²) in [5.74, 6) is 0.159. The van der Waals surface area contributed by atoms with Crippen molar-refractivity contribution < 1.29 is 28.2 Å². The average Bonchev–Trinajstić information content (AvgIpc) is 2.57. The van der Waals surface area contributed by atoms with Crippen LogP contribution in [0.25, 0.3) is 0 Å². The summed E-state index contributed by atoms with van der Waals surface area (Å²) in [6.45, 7) is 7.04.